The number of halogens is 2. The molecule has 0 bridgehead atoms. The molecule has 1 aromatic carbocycles. The first-order valence-corrected chi connectivity index (χ1v) is 6.48. The summed E-state index contributed by atoms with van der Waals surface area (Å²) in [5.74, 6) is 0. The van der Waals surface area contributed by atoms with Crippen LogP contribution in [-0.4, -0.2) is 7.05 Å². The summed E-state index contributed by atoms with van der Waals surface area (Å²) < 4.78 is 1.08. The van der Waals surface area contributed by atoms with Crippen LogP contribution in [0.2, 0.25) is 5.02 Å². The van der Waals surface area contributed by atoms with Crippen LogP contribution in [0.3, 0.4) is 0 Å². The summed E-state index contributed by atoms with van der Waals surface area (Å²) in [5.41, 5.74) is 1.18. The van der Waals surface area contributed by atoms with Crippen molar-refractivity contribution in [3.05, 3.63) is 33.3 Å². The van der Waals surface area contributed by atoms with Crippen LogP contribution < -0.4 is 5.32 Å². The molecule has 0 radical (unpaired) electrons. The van der Waals surface area contributed by atoms with Gasteiger partial charge in [-0.15, -0.1) is 0 Å². The van der Waals surface area contributed by atoms with Crippen molar-refractivity contribution in [1.29, 1.82) is 0 Å². The van der Waals surface area contributed by atoms with Gasteiger partial charge in [0, 0.05) is 15.5 Å². The Labute approximate surface area is 105 Å². The molecule has 0 aliphatic rings. The topological polar surface area (TPSA) is 12.0 Å². The van der Waals surface area contributed by atoms with Crippen LogP contribution in [0, 0.1) is 0 Å². The summed E-state index contributed by atoms with van der Waals surface area (Å²) in [6.45, 7) is 2.20. The van der Waals surface area contributed by atoms with E-state index in [1.54, 1.807) is 0 Å². The Hall–Kier alpha value is -0.0500. The summed E-state index contributed by atoms with van der Waals surface area (Å²) in [4.78, 5) is 0. The fourth-order valence-electron chi connectivity index (χ4n) is 1.65. The van der Waals surface area contributed by atoms with Crippen LogP contribution in [0.15, 0.2) is 22.7 Å². The van der Waals surface area contributed by atoms with Gasteiger partial charge in [-0.3, -0.25) is 0 Å². The van der Waals surface area contributed by atoms with Crippen LogP contribution in [-0.2, 0) is 0 Å². The van der Waals surface area contributed by atoms with Crippen molar-refractivity contribution in [2.75, 3.05) is 7.05 Å². The summed E-state index contributed by atoms with van der Waals surface area (Å²) in [6.07, 6.45) is 3.56. The first kappa shape index (κ1) is 13.0. The van der Waals surface area contributed by atoms with E-state index in [9.17, 15) is 0 Å². The second kappa shape index (κ2) is 6.51. The third kappa shape index (κ3) is 3.78. The minimum atomic E-state index is 0.356. The number of hydrogen-bond acceptors (Lipinski definition) is 1. The quantitative estimate of drug-likeness (QED) is 0.838. The van der Waals surface area contributed by atoms with Gasteiger partial charge in [-0.25, -0.2) is 0 Å². The van der Waals surface area contributed by atoms with Crippen LogP contribution in [0.4, 0.5) is 0 Å². The fraction of sp³-hybridized carbons (Fsp3) is 0.500. The van der Waals surface area contributed by atoms with Gasteiger partial charge in [-0.2, -0.15) is 0 Å². The molecule has 0 saturated carbocycles. The molecular weight excluding hydrogens is 273 g/mol. The summed E-state index contributed by atoms with van der Waals surface area (Å²) in [6, 6.07) is 6.37. The normalized spacial score (nSPS) is 12.8. The second-order valence-electron chi connectivity index (χ2n) is 3.65. The molecule has 84 valence electrons. The molecule has 3 heteroatoms. The van der Waals surface area contributed by atoms with Gasteiger partial charge in [0.15, 0.2) is 0 Å². The van der Waals surface area contributed by atoms with Gasteiger partial charge < -0.3 is 5.32 Å². The molecule has 0 aromatic heterocycles. The highest BCUT2D eigenvalue weighted by Gasteiger charge is 2.12. The standard InChI is InChI=1S/C12H17BrClN/c1-3-4-5-12(15-2)10-8-9(13)6-7-11(10)14/h6-8,12,15H,3-5H2,1-2H3. The van der Waals surface area contributed by atoms with Crippen molar-refractivity contribution in [3.8, 4) is 0 Å². The van der Waals surface area contributed by atoms with Gasteiger partial charge in [0.2, 0.25) is 0 Å². The lowest BCUT2D eigenvalue weighted by Gasteiger charge is -2.18. The molecule has 1 atom stereocenters. The Morgan fingerprint density at radius 3 is 2.80 bits per heavy atom. The predicted octanol–water partition coefficient (Wildman–Crippen LogP) is 4.55. The molecule has 0 aliphatic carbocycles. The molecule has 0 spiro atoms. The Kier molecular flexibility index (Phi) is 5.65. The lowest BCUT2D eigenvalue weighted by atomic mass is 10.0. The van der Waals surface area contributed by atoms with E-state index in [2.05, 4.69) is 34.2 Å². The first-order valence-electron chi connectivity index (χ1n) is 5.31. The lowest BCUT2D eigenvalue weighted by Crippen LogP contribution is -2.16. The van der Waals surface area contributed by atoms with Gasteiger partial charge in [-0.05, 0) is 37.2 Å². The largest absolute Gasteiger partial charge is 0.313 e. The molecule has 0 aliphatic heterocycles. The summed E-state index contributed by atoms with van der Waals surface area (Å²) in [7, 11) is 1.98. The molecule has 0 fully saturated rings. The molecular formula is C12H17BrClN. The molecule has 0 saturated heterocycles. The van der Waals surface area contributed by atoms with E-state index in [-0.39, 0.29) is 0 Å². The Morgan fingerprint density at radius 1 is 1.47 bits per heavy atom. The van der Waals surface area contributed by atoms with Crippen molar-refractivity contribution < 1.29 is 0 Å². The van der Waals surface area contributed by atoms with Crippen molar-refractivity contribution in [2.45, 2.75) is 32.2 Å². The molecule has 0 heterocycles. The molecule has 1 aromatic rings. The van der Waals surface area contributed by atoms with Crippen molar-refractivity contribution in [3.63, 3.8) is 0 Å². The highest BCUT2D eigenvalue weighted by Crippen LogP contribution is 2.29. The summed E-state index contributed by atoms with van der Waals surface area (Å²) in [5, 5.41) is 4.16. The van der Waals surface area contributed by atoms with Crippen molar-refractivity contribution in [1.82, 2.24) is 5.32 Å². The van der Waals surface area contributed by atoms with E-state index in [1.165, 1.54) is 18.4 Å². The number of benzene rings is 1. The van der Waals surface area contributed by atoms with Gasteiger partial charge in [0.05, 0.1) is 0 Å². The number of rotatable bonds is 5. The molecule has 1 rings (SSSR count). The molecule has 1 N–H and O–H groups in total. The van der Waals surface area contributed by atoms with Crippen molar-refractivity contribution >= 4 is 27.5 Å². The van der Waals surface area contributed by atoms with Crippen LogP contribution >= 0.6 is 27.5 Å². The average Bonchev–Trinajstić information content (AvgIpc) is 2.24. The molecule has 15 heavy (non-hydrogen) atoms. The first-order chi connectivity index (χ1) is 7.19. The Bertz CT molecular complexity index is 314. The highest BCUT2D eigenvalue weighted by molar-refractivity contribution is 9.10. The van der Waals surface area contributed by atoms with Gasteiger partial charge in [-0.1, -0.05) is 47.3 Å². The van der Waals surface area contributed by atoms with Crippen LogP contribution in [0.1, 0.15) is 37.8 Å². The maximum atomic E-state index is 6.19. The molecule has 1 nitrogen and oxygen atoms in total. The molecule has 0 amide bonds. The Morgan fingerprint density at radius 2 is 2.20 bits per heavy atom. The van der Waals surface area contributed by atoms with E-state index in [4.69, 9.17) is 11.6 Å². The second-order valence-corrected chi connectivity index (χ2v) is 4.97. The minimum absolute atomic E-state index is 0.356. The Balaban J connectivity index is 2.85. The number of nitrogens with one attached hydrogen (secondary N) is 1. The highest BCUT2D eigenvalue weighted by atomic mass is 79.9. The van der Waals surface area contributed by atoms with Crippen molar-refractivity contribution in [2.24, 2.45) is 0 Å². The molecule has 1 unspecified atom stereocenters. The monoisotopic (exact) mass is 289 g/mol. The van der Waals surface area contributed by atoms with E-state index < -0.39 is 0 Å². The third-order valence-corrected chi connectivity index (χ3v) is 3.37. The van der Waals surface area contributed by atoms with E-state index >= 15 is 0 Å². The van der Waals surface area contributed by atoms with Crippen LogP contribution in [0.5, 0.6) is 0 Å². The van der Waals surface area contributed by atoms with Gasteiger partial charge in [0.25, 0.3) is 0 Å². The maximum Gasteiger partial charge on any atom is 0.0454 e. The fourth-order valence-corrected chi connectivity index (χ4v) is 2.27. The predicted molar refractivity (Wildman–Crippen MR) is 70.5 cm³/mol. The lowest BCUT2D eigenvalue weighted by molar-refractivity contribution is 0.523. The minimum Gasteiger partial charge on any atom is -0.313 e. The average molecular weight is 291 g/mol. The van der Waals surface area contributed by atoms with Gasteiger partial charge >= 0.3 is 0 Å². The number of hydrogen-bond donors (Lipinski definition) is 1. The zero-order chi connectivity index (χ0) is 11.3. The third-order valence-electron chi connectivity index (χ3n) is 2.53. The number of unbranched alkanes of at least 4 members (excludes halogenated alkanes) is 1. The summed E-state index contributed by atoms with van der Waals surface area (Å²) >= 11 is 9.66. The van der Waals surface area contributed by atoms with Crippen LogP contribution in [0.25, 0.3) is 0 Å². The van der Waals surface area contributed by atoms with Gasteiger partial charge in [0.1, 0.15) is 0 Å². The van der Waals surface area contributed by atoms with E-state index in [0.717, 1.165) is 15.9 Å². The zero-order valence-corrected chi connectivity index (χ0v) is 11.5. The smallest absolute Gasteiger partial charge is 0.0454 e. The zero-order valence-electron chi connectivity index (χ0n) is 9.19. The SMILES string of the molecule is CCCCC(NC)c1cc(Br)ccc1Cl. The maximum absolute atomic E-state index is 6.19. The van der Waals surface area contributed by atoms with E-state index in [0.29, 0.717) is 6.04 Å². The van der Waals surface area contributed by atoms with E-state index in [1.807, 2.05) is 19.2 Å².